The molecule has 0 unspecified atom stereocenters. The molecule has 0 saturated carbocycles. The normalized spacial score (nSPS) is 16.0. The van der Waals surface area contributed by atoms with E-state index >= 15 is 0 Å². The molecule has 0 aliphatic carbocycles. The first-order valence-corrected chi connectivity index (χ1v) is 16.1. The summed E-state index contributed by atoms with van der Waals surface area (Å²) in [6, 6.07) is 30.7. The van der Waals surface area contributed by atoms with Crippen molar-refractivity contribution in [3.8, 4) is 39.4 Å². The maximum Gasteiger partial charge on any atom is 0.246 e. The zero-order chi connectivity index (χ0) is 31.6. The van der Waals surface area contributed by atoms with Gasteiger partial charge in [0, 0.05) is 49.2 Å². The number of rotatable bonds is 6. The van der Waals surface area contributed by atoms with Crippen LogP contribution in [0.25, 0.3) is 38.9 Å². The smallest absolute Gasteiger partial charge is 0.246 e. The minimum absolute atomic E-state index is 0.0146. The summed E-state index contributed by atoms with van der Waals surface area (Å²) < 4.78 is 1.84. The van der Waals surface area contributed by atoms with Gasteiger partial charge < -0.3 is 14.7 Å². The van der Waals surface area contributed by atoms with Crippen LogP contribution in [0, 0.1) is 11.3 Å². The Kier molecular flexibility index (Phi) is 8.13. The van der Waals surface area contributed by atoms with Crippen LogP contribution in [0.3, 0.4) is 0 Å². The number of piperazine rings is 1. The SMILES string of the molecule is C=CC(=O)N1CCN(c2ccc(-c3cc(-c4ccccc4-c4ccc(C5CCN(C)CC5)cc4)cn4ncc(C#N)c34)cc2)CC1. The number of hydrogen-bond donors (Lipinski definition) is 0. The largest absolute Gasteiger partial charge is 0.368 e. The first-order valence-electron chi connectivity index (χ1n) is 16.1. The summed E-state index contributed by atoms with van der Waals surface area (Å²) in [7, 11) is 2.21. The summed E-state index contributed by atoms with van der Waals surface area (Å²) in [6.45, 7) is 8.82. The van der Waals surface area contributed by atoms with E-state index in [1.165, 1.54) is 35.6 Å². The molecule has 7 rings (SSSR count). The van der Waals surface area contributed by atoms with Gasteiger partial charge in [-0.05, 0) is 91.0 Å². The van der Waals surface area contributed by atoms with E-state index in [1.54, 1.807) is 6.20 Å². The topological polar surface area (TPSA) is 67.9 Å². The number of likely N-dealkylation sites (tertiary alicyclic amines) is 1. The van der Waals surface area contributed by atoms with Gasteiger partial charge in [0.1, 0.15) is 6.07 Å². The molecule has 0 bridgehead atoms. The molecule has 2 fully saturated rings. The van der Waals surface area contributed by atoms with Gasteiger partial charge >= 0.3 is 0 Å². The number of aromatic nitrogens is 2. The van der Waals surface area contributed by atoms with Gasteiger partial charge in [-0.1, -0.05) is 67.2 Å². The van der Waals surface area contributed by atoms with Gasteiger partial charge in [-0.25, -0.2) is 4.52 Å². The van der Waals surface area contributed by atoms with Crippen molar-refractivity contribution >= 4 is 17.1 Å². The van der Waals surface area contributed by atoms with Crippen molar-refractivity contribution in [2.45, 2.75) is 18.8 Å². The van der Waals surface area contributed by atoms with E-state index in [4.69, 9.17) is 0 Å². The summed E-state index contributed by atoms with van der Waals surface area (Å²) in [5.74, 6) is 0.608. The highest BCUT2D eigenvalue weighted by Crippen LogP contribution is 2.38. The van der Waals surface area contributed by atoms with E-state index in [-0.39, 0.29) is 5.91 Å². The number of hydrogen-bond acceptors (Lipinski definition) is 5. The molecule has 5 aromatic rings. The molecule has 46 heavy (non-hydrogen) atoms. The van der Waals surface area contributed by atoms with Crippen molar-refractivity contribution in [3.05, 3.63) is 115 Å². The van der Waals surface area contributed by atoms with E-state index in [0.717, 1.165) is 59.6 Å². The number of nitriles is 1. The average molecular weight is 607 g/mol. The van der Waals surface area contributed by atoms with E-state index < -0.39 is 0 Å². The number of pyridine rings is 1. The Morgan fingerprint density at radius 3 is 2.13 bits per heavy atom. The number of anilines is 1. The molecular formula is C39H38N6O. The molecule has 7 nitrogen and oxygen atoms in total. The second-order valence-corrected chi connectivity index (χ2v) is 12.4. The first kappa shape index (κ1) is 29.5. The second-order valence-electron chi connectivity index (χ2n) is 12.4. The number of fused-ring (bicyclic) bond motifs is 1. The van der Waals surface area contributed by atoms with Crippen LogP contribution in [-0.2, 0) is 4.79 Å². The quantitative estimate of drug-likeness (QED) is 0.198. The van der Waals surface area contributed by atoms with Crippen molar-refractivity contribution in [1.82, 2.24) is 19.4 Å². The summed E-state index contributed by atoms with van der Waals surface area (Å²) in [5, 5.41) is 14.5. The number of carbonyl (C=O) groups excluding carboxylic acids is 1. The van der Waals surface area contributed by atoms with Gasteiger partial charge in [-0.2, -0.15) is 10.4 Å². The second kappa shape index (κ2) is 12.7. The van der Waals surface area contributed by atoms with Crippen LogP contribution in [0.2, 0.25) is 0 Å². The van der Waals surface area contributed by atoms with Crippen molar-refractivity contribution in [3.63, 3.8) is 0 Å². The van der Waals surface area contributed by atoms with Gasteiger partial charge in [0.05, 0.1) is 17.3 Å². The lowest BCUT2D eigenvalue weighted by Crippen LogP contribution is -2.48. The molecule has 2 saturated heterocycles. The molecule has 2 aliphatic rings. The van der Waals surface area contributed by atoms with E-state index in [0.29, 0.717) is 24.6 Å². The Hall–Kier alpha value is -5.19. The molecule has 0 radical (unpaired) electrons. The van der Waals surface area contributed by atoms with Crippen LogP contribution in [0.4, 0.5) is 5.69 Å². The van der Waals surface area contributed by atoms with Crippen LogP contribution >= 0.6 is 0 Å². The van der Waals surface area contributed by atoms with Crippen LogP contribution in [0.15, 0.2) is 104 Å². The third kappa shape index (κ3) is 5.68. The number of carbonyl (C=O) groups is 1. The number of nitrogens with zero attached hydrogens (tertiary/aromatic N) is 6. The third-order valence-electron chi connectivity index (χ3n) is 9.69. The molecular weight excluding hydrogens is 568 g/mol. The minimum atomic E-state index is -0.0146. The minimum Gasteiger partial charge on any atom is -0.368 e. The summed E-state index contributed by atoms with van der Waals surface area (Å²) in [5.41, 5.74) is 10.4. The fraction of sp³-hybridized carbons (Fsp3) is 0.256. The predicted octanol–water partition coefficient (Wildman–Crippen LogP) is 6.85. The zero-order valence-electron chi connectivity index (χ0n) is 26.3. The zero-order valence-corrected chi connectivity index (χ0v) is 26.3. The highest BCUT2D eigenvalue weighted by molar-refractivity contribution is 5.91. The summed E-state index contributed by atoms with van der Waals surface area (Å²) >= 11 is 0. The lowest BCUT2D eigenvalue weighted by atomic mass is 9.87. The van der Waals surface area contributed by atoms with Gasteiger partial charge in [0.25, 0.3) is 0 Å². The highest BCUT2D eigenvalue weighted by Gasteiger charge is 2.21. The third-order valence-corrected chi connectivity index (χ3v) is 9.69. The van der Waals surface area contributed by atoms with Crippen LogP contribution < -0.4 is 4.90 Å². The summed E-state index contributed by atoms with van der Waals surface area (Å²) in [6.07, 6.45) is 7.48. The van der Waals surface area contributed by atoms with Crippen molar-refractivity contribution in [2.24, 2.45) is 0 Å². The molecule has 7 heteroatoms. The molecule has 1 amide bonds. The van der Waals surface area contributed by atoms with Gasteiger partial charge in [0.2, 0.25) is 5.91 Å². The van der Waals surface area contributed by atoms with Crippen LogP contribution in [0.5, 0.6) is 0 Å². The lowest BCUT2D eigenvalue weighted by molar-refractivity contribution is -0.126. The molecule has 0 atom stereocenters. The Bertz CT molecular complexity index is 1920. The summed E-state index contributed by atoms with van der Waals surface area (Å²) in [4.78, 5) is 18.6. The Morgan fingerprint density at radius 1 is 0.848 bits per heavy atom. The van der Waals surface area contributed by atoms with Gasteiger partial charge in [0.15, 0.2) is 0 Å². The highest BCUT2D eigenvalue weighted by atomic mass is 16.2. The fourth-order valence-electron chi connectivity index (χ4n) is 7.00. The Labute approximate surface area is 270 Å². The lowest BCUT2D eigenvalue weighted by Gasteiger charge is -2.35. The predicted molar refractivity (Wildman–Crippen MR) is 185 cm³/mol. The van der Waals surface area contributed by atoms with Gasteiger partial charge in [-0.15, -0.1) is 0 Å². The fourth-order valence-corrected chi connectivity index (χ4v) is 7.00. The standard InChI is InChI=1S/C39H38N6O/c1-3-38(46)44-22-20-43(21-23-44)34-14-12-31(13-15-34)37-24-32(27-45-39(37)33(25-40)26-41-45)36-7-5-4-6-35(36)30-10-8-28(9-11-30)29-16-18-42(2)19-17-29/h3-15,24,26-27,29H,1,16-23H2,2H3. The maximum absolute atomic E-state index is 12.0. The molecule has 2 aliphatic heterocycles. The molecule has 230 valence electrons. The van der Waals surface area contributed by atoms with Crippen molar-refractivity contribution in [2.75, 3.05) is 51.2 Å². The van der Waals surface area contributed by atoms with Crippen molar-refractivity contribution in [1.29, 1.82) is 5.26 Å². The number of piperidine rings is 1. The van der Waals surface area contributed by atoms with Crippen LogP contribution in [-0.4, -0.2) is 71.6 Å². The number of benzene rings is 3. The van der Waals surface area contributed by atoms with Crippen molar-refractivity contribution < 1.29 is 4.79 Å². The first-order chi connectivity index (χ1) is 22.5. The average Bonchev–Trinajstić information content (AvgIpc) is 3.55. The Morgan fingerprint density at radius 2 is 1.48 bits per heavy atom. The van der Waals surface area contributed by atoms with E-state index in [2.05, 4.69) is 113 Å². The van der Waals surface area contributed by atoms with Gasteiger partial charge in [-0.3, -0.25) is 4.79 Å². The Balaban J connectivity index is 1.22. The molecule has 0 spiro atoms. The van der Waals surface area contributed by atoms with E-state index in [9.17, 15) is 10.1 Å². The monoisotopic (exact) mass is 606 g/mol. The number of amides is 1. The van der Waals surface area contributed by atoms with Crippen LogP contribution in [0.1, 0.15) is 29.9 Å². The molecule has 3 aromatic carbocycles. The molecule has 4 heterocycles. The molecule has 2 aromatic heterocycles. The molecule has 0 N–H and O–H groups in total. The maximum atomic E-state index is 12.0. The van der Waals surface area contributed by atoms with E-state index in [1.807, 2.05) is 15.6 Å².